The van der Waals surface area contributed by atoms with Crippen molar-refractivity contribution in [1.82, 2.24) is 0 Å². The van der Waals surface area contributed by atoms with E-state index in [0.29, 0.717) is 25.7 Å². The minimum atomic E-state index is -4.96. The van der Waals surface area contributed by atoms with Gasteiger partial charge in [-0.1, -0.05) is 331 Å². The zero-order valence-corrected chi connectivity index (χ0v) is 63.2. The summed E-state index contributed by atoms with van der Waals surface area (Å²) in [6.45, 7) is 11.8. The molecule has 0 aromatic rings. The molecule has 0 rings (SSSR count). The highest BCUT2D eigenvalue weighted by Crippen LogP contribution is 2.45. The molecule has 0 heterocycles. The monoisotopic (exact) mass is 1380 g/mol. The lowest BCUT2D eigenvalue weighted by atomic mass is 9.99. The van der Waals surface area contributed by atoms with Crippen LogP contribution in [-0.2, 0) is 65.4 Å². The molecule has 558 valence electrons. The van der Waals surface area contributed by atoms with Gasteiger partial charge in [-0.2, -0.15) is 0 Å². The van der Waals surface area contributed by atoms with Gasteiger partial charge in [-0.15, -0.1) is 0 Å². The van der Waals surface area contributed by atoms with Gasteiger partial charge >= 0.3 is 39.5 Å². The number of hydrogen-bond donors (Lipinski definition) is 3. The number of ether oxygens (including phenoxy) is 4. The number of carbonyl (C=O) groups excluding carboxylic acids is 4. The molecule has 0 aliphatic rings. The van der Waals surface area contributed by atoms with E-state index in [9.17, 15) is 43.2 Å². The van der Waals surface area contributed by atoms with Crippen LogP contribution in [0.25, 0.3) is 0 Å². The molecule has 0 bridgehead atoms. The van der Waals surface area contributed by atoms with Crippen molar-refractivity contribution in [1.29, 1.82) is 0 Å². The molecule has 0 aromatic carbocycles. The first kappa shape index (κ1) is 92.1. The van der Waals surface area contributed by atoms with Crippen LogP contribution in [0.2, 0.25) is 0 Å². The molecule has 5 unspecified atom stereocenters. The topological polar surface area (TPSA) is 237 Å². The molecular formula is C75H146O17P2. The van der Waals surface area contributed by atoms with Crippen LogP contribution in [0.5, 0.6) is 0 Å². The van der Waals surface area contributed by atoms with Gasteiger partial charge in [0, 0.05) is 25.7 Å². The molecule has 0 aliphatic carbocycles. The summed E-state index contributed by atoms with van der Waals surface area (Å²) < 4.78 is 68.5. The van der Waals surface area contributed by atoms with E-state index in [4.69, 9.17) is 37.0 Å². The van der Waals surface area contributed by atoms with E-state index in [1.165, 1.54) is 186 Å². The first-order chi connectivity index (χ1) is 45.3. The van der Waals surface area contributed by atoms with Gasteiger partial charge in [-0.05, 0) is 43.4 Å². The molecule has 17 nitrogen and oxygen atoms in total. The standard InChI is InChI=1S/C75H146O17P2/c1-8-12-13-14-15-16-17-18-19-20-21-22-23-24-25-26-27-35-44-51-58-74(79)91-70(62-85-72(77)56-49-42-34-30-28-32-39-46-53-66(5)9-2)64-89-93(81,82)87-60-69(76)61-88-94(83,84)90-65-71(63-86-73(78)57-50-43-38-37-41-48-55-68(7)11-4)92-75(80)59-52-45-36-31-29-33-40-47-54-67(6)10-3/h66-71,76H,8-65H2,1-7H3,(H,81,82)(H,83,84)/t66?,67?,68?,69-,70-,71-/m1/s1. The zero-order chi connectivity index (χ0) is 69.4. The first-order valence-electron chi connectivity index (χ1n) is 39.0. The minimum Gasteiger partial charge on any atom is -0.462 e. The molecule has 0 radical (unpaired) electrons. The van der Waals surface area contributed by atoms with E-state index in [2.05, 4.69) is 48.5 Å². The van der Waals surface area contributed by atoms with Gasteiger partial charge in [0.1, 0.15) is 19.3 Å². The maximum Gasteiger partial charge on any atom is 0.472 e. The largest absolute Gasteiger partial charge is 0.472 e. The summed E-state index contributed by atoms with van der Waals surface area (Å²) >= 11 is 0. The quantitative estimate of drug-likeness (QED) is 0.0222. The fourth-order valence-corrected chi connectivity index (χ4v) is 12.9. The predicted octanol–water partition coefficient (Wildman–Crippen LogP) is 21.8. The molecule has 3 N–H and O–H groups in total. The molecule has 8 atom stereocenters. The fourth-order valence-electron chi connectivity index (χ4n) is 11.3. The van der Waals surface area contributed by atoms with Crippen molar-refractivity contribution in [2.24, 2.45) is 17.8 Å². The Balaban J connectivity index is 5.22. The molecule has 0 saturated carbocycles. The lowest BCUT2D eigenvalue weighted by molar-refractivity contribution is -0.161. The summed E-state index contributed by atoms with van der Waals surface area (Å²) in [6.07, 6.45) is 51.4. The third-order valence-electron chi connectivity index (χ3n) is 18.5. The lowest BCUT2D eigenvalue weighted by Crippen LogP contribution is -2.30. The van der Waals surface area contributed by atoms with E-state index in [0.717, 1.165) is 114 Å². The van der Waals surface area contributed by atoms with Crippen LogP contribution in [0.3, 0.4) is 0 Å². The van der Waals surface area contributed by atoms with Crippen molar-refractivity contribution in [3.63, 3.8) is 0 Å². The summed E-state index contributed by atoms with van der Waals surface area (Å²) in [7, 11) is -9.91. The Morgan fingerprint density at radius 3 is 0.755 bits per heavy atom. The Morgan fingerprint density at radius 1 is 0.298 bits per heavy atom. The summed E-state index contributed by atoms with van der Waals surface area (Å²) in [5, 5.41) is 10.6. The smallest absolute Gasteiger partial charge is 0.462 e. The van der Waals surface area contributed by atoms with Crippen LogP contribution in [0, 0.1) is 17.8 Å². The number of carbonyl (C=O) groups is 4. The summed E-state index contributed by atoms with van der Waals surface area (Å²) in [6, 6.07) is 0. The second-order valence-corrected chi connectivity index (χ2v) is 30.7. The van der Waals surface area contributed by atoms with E-state index in [1.807, 2.05) is 0 Å². The molecule has 0 aromatic heterocycles. The van der Waals surface area contributed by atoms with Crippen molar-refractivity contribution < 1.29 is 80.2 Å². The zero-order valence-electron chi connectivity index (χ0n) is 61.4. The fraction of sp³-hybridized carbons (Fsp3) is 0.947. The Hall–Kier alpha value is -1.94. The molecule has 0 aliphatic heterocycles. The number of aliphatic hydroxyl groups is 1. The third kappa shape index (κ3) is 64.7. The Kier molecular flexibility index (Phi) is 64.3. The van der Waals surface area contributed by atoms with Crippen molar-refractivity contribution in [3.05, 3.63) is 0 Å². The number of phosphoric ester groups is 2. The van der Waals surface area contributed by atoms with Crippen molar-refractivity contribution in [3.8, 4) is 0 Å². The number of rotatable bonds is 73. The van der Waals surface area contributed by atoms with Gasteiger partial charge in [-0.25, -0.2) is 9.13 Å². The van der Waals surface area contributed by atoms with Crippen LogP contribution in [0.4, 0.5) is 0 Å². The number of esters is 4. The number of phosphoric acid groups is 2. The van der Waals surface area contributed by atoms with E-state index >= 15 is 0 Å². The number of hydrogen-bond acceptors (Lipinski definition) is 15. The van der Waals surface area contributed by atoms with Gasteiger partial charge in [0.25, 0.3) is 0 Å². The lowest BCUT2D eigenvalue weighted by Gasteiger charge is -2.21. The van der Waals surface area contributed by atoms with Crippen molar-refractivity contribution >= 4 is 39.5 Å². The van der Waals surface area contributed by atoms with Crippen LogP contribution in [-0.4, -0.2) is 96.7 Å². The number of unbranched alkanes of at least 4 members (excludes halogenated alkanes) is 38. The molecular weight excluding hydrogens is 1230 g/mol. The molecule has 19 heteroatoms. The average molecular weight is 1380 g/mol. The average Bonchev–Trinajstić information content (AvgIpc) is 1.12. The highest BCUT2D eigenvalue weighted by atomic mass is 31.2. The van der Waals surface area contributed by atoms with Crippen LogP contribution >= 0.6 is 15.6 Å². The summed E-state index contributed by atoms with van der Waals surface area (Å²) in [5.41, 5.74) is 0. The van der Waals surface area contributed by atoms with Gasteiger partial charge < -0.3 is 33.8 Å². The molecule has 0 spiro atoms. The maximum absolute atomic E-state index is 13.1. The minimum absolute atomic E-state index is 0.104. The third-order valence-corrected chi connectivity index (χ3v) is 20.4. The second kappa shape index (κ2) is 65.7. The Labute approximate surface area is 575 Å². The molecule has 0 amide bonds. The summed E-state index contributed by atoms with van der Waals surface area (Å²) in [4.78, 5) is 72.7. The molecule has 94 heavy (non-hydrogen) atoms. The van der Waals surface area contributed by atoms with Gasteiger partial charge in [0.15, 0.2) is 12.2 Å². The van der Waals surface area contributed by atoms with Crippen molar-refractivity contribution in [2.45, 2.75) is 401 Å². The van der Waals surface area contributed by atoms with Crippen LogP contribution < -0.4 is 0 Å². The Bertz CT molecular complexity index is 1840. The predicted molar refractivity (Wildman–Crippen MR) is 381 cm³/mol. The van der Waals surface area contributed by atoms with Gasteiger partial charge in [0.2, 0.25) is 0 Å². The van der Waals surface area contributed by atoms with Crippen LogP contribution in [0.1, 0.15) is 382 Å². The molecule has 0 saturated heterocycles. The van der Waals surface area contributed by atoms with Gasteiger partial charge in [0.05, 0.1) is 26.4 Å². The van der Waals surface area contributed by atoms with Crippen molar-refractivity contribution in [2.75, 3.05) is 39.6 Å². The van der Waals surface area contributed by atoms with E-state index in [1.54, 1.807) is 0 Å². The first-order valence-corrected chi connectivity index (χ1v) is 42.0. The second-order valence-electron chi connectivity index (χ2n) is 27.8. The van der Waals surface area contributed by atoms with Gasteiger partial charge in [-0.3, -0.25) is 37.3 Å². The Morgan fingerprint density at radius 2 is 0.511 bits per heavy atom. The van der Waals surface area contributed by atoms with Crippen LogP contribution in [0.15, 0.2) is 0 Å². The highest BCUT2D eigenvalue weighted by molar-refractivity contribution is 7.47. The maximum atomic E-state index is 13.1. The van der Waals surface area contributed by atoms with E-state index < -0.39 is 97.5 Å². The number of aliphatic hydroxyl groups excluding tert-OH is 1. The normalized spacial score (nSPS) is 15.0. The van der Waals surface area contributed by atoms with E-state index in [-0.39, 0.29) is 25.7 Å². The highest BCUT2D eigenvalue weighted by Gasteiger charge is 2.30. The SMILES string of the molecule is CCCCCCCCCCCCCCCCCCCCCCC(=O)O[C@H](COC(=O)CCCCCCCCCCC(C)CC)COP(=O)(O)OC[C@@H](O)COP(=O)(O)OC[C@@H](COC(=O)CCCCCCCCC(C)CC)OC(=O)CCCCCCCCCCC(C)CC. The molecule has 0 fully saturated rings. The summed E-state index contributed by atoms with van der Waals surface area (Å²) in [5.74, 6) is 0.154.